The predicted molar refractivity (Wildman–Crippen MR) is 89.0 cm³/mol. The Hall–Kier alpha value is -1.07. The molecule has 0 atom stereocenters. The van der Waals surface area contributed by atoms with Crippen molar-refractivity contribution in [3.05, 3.63) is 24.3 Å². The van der Waals surface area contributed by atoms with Crippen molar-refractivity contribution < 1.29 is 8.42 Å². The third kappa shape index (κ3) is 5.32. The van der Waals surface area contributed by atoms with Gasteiger partial charge in [0, 0.05) is 18.8 Å². The SMILES string of the molecule is CCCNS(=O)(=O)c1ccc(NCC(C)(C)C(C)C)cc1. The molecule has 21 heavy (non-hydrogen) atoms. The average molecular weight is 312 g/mol. The van der Waals surface area contributed by atoms with Crippen LogP contribution in [0.1, 0.15) is 41.0 Å². The Bertz CT molecular complexity index is 534. The van der Waals surface area contributed by atoms with Gasteiger partial charge in [0.05, 0.1) is 4.90 Å². The predicted octanol–water partition coefficient (Wildman–Crippen LogP) is 3.47. The lowest BCUT2D eigenvalue weighted by atomic mass is 9.81. The van der Waals surface area contributed by atoms with Crippen molar-refractivity contribution in [2.45, 2.75) is 45.9 Å². The first kappa shape index (κ1) is 18.0. The van der Waals surface area contributed by atoms with Crippen LogP contribution in [0.2, 0.25) is 0 Å². The fourth-order valence-corrected chi connectivity index (χ4v) is 2.74. The molecule has 0 aromatic heterocycles. The summed E-state index contributed by atoms with van der Waals surface area (Å²) in [4.78, 5) is 0.310. The second-order valence-corrected chi connectivity index (χ2v) is 8.19. The first-order chi connectivity index (χ1) is 9.69. The van der Waals surface area contributed by atoms with Gasteiger partial charge in [0.1, 0.15) is 0 Å². The largest absolute Gasteiger partial charge is 0.384 e. The van der Waals surface area contributed by atoms with Crippen LogP contribution in [-0.4, -0.2) is 21.5 Å². The lowest BCUT2D eigenvalue weighted by molar-refractivity contribution is 0.269. The zero-order valence-corrected chi connectivity index (χ0v) is 14.5. The van der Waals surface area contributed by atoms with Crippen LogP contribution in [0, 0.1) is 11.3 Å². The summed E-state index contributed by atoms with van der Waals surface area (Å²) < 4.78 is 26.5. The van der Waals surface area contributed by atoms with Crippen molar-refractivity contribution in [1.29, 1.82) is 0 Å². The molecule has 0 spiro atoms. The van der Waals surface area contributed by atoms with Gasteiger partial charge in [-0.05, 0) is 42.0 Å². The zero-order valence-electron chi connectivity index (χ0n) is 13.7. The third-order valence-electron chi connectivity index (χ3n) is 4.02. The number of anilines is 1. The molecule has 1 aromatic rings. The van der Waals surface area contributed by atoms with E-state index in [2.05, 4.69) is 37.7 Å². The Labute approximate surface area is 129 Å². The molecule has 4 nitrogen and oxygen atoms in total. The summed E-state index contributed by atoms with van der Waals surface area (Å²) in [5, 5.41) is 3.37. The maximum atomic E-state index is 12.0. The molecule has 0 radical (unpaired) electrons. The maximum Gasteiger partial charge on any atom is 0.240 e. The summed E-state index contributed by atoms with van der Waals surface area (Å²) in [6.07, 6.45) is 0.781. The molecule has 0 aliphatic carbocycles. The summed E-state index contributed by atoms with van der Waals surface area (Å²) in [5.41, 5.74) is 1.13. The van der Waals surface area contributed by atoms with Crippen molar-refractivity contribution in [2.24, 2.45) is 11.3 Å². The summed E-state index contributed by atoms with van der Waals surface area (Å²) in [6.45, 7) is 12.1. The molecule has 0 saturated carbocycles. The fourth-order valence-electron chi connectivity index (χ4n) is 1.61. The molecule has 1 aromatic carbocycles. The lowest BCUT2D eigenvalue weighted by Crippen LogP contribution is -2.28. The molecule has 0 aliphatic heterocycles. The topological polar surface area (TPSA) is 58.2 Å². The quantitative estimate of drug-likeness (QED) is 0.773. The smallest absolute Gasteiger partial charge is 0.240 e. The lowest BCUT2D eigenvalue weighted by Gasteiger charge is -2.29. The number of benzene rings is 1. The molecule has 120 valence electrons. The van der Waals surface area contributed by atoms with E-state index >= 15 is 0 Å². The Morgan fingerprint density at radius 2 is 1.71 bits per heavy atom. The summed E-state index contributed by atoms with van der Waals surface area (Å²) in [6, 6.07) is 6.92. The Morgan fingerprint density at radius 3 is 2.19 bits per heavy atom. The van der Waals surface area contributed by atoms with Gasteiger partial charge in [0.25, 0.3) is 0 Å². The van der Waals surface area contributed by atoms with Crippen LogP contribution in [-0.2, 0) is 10.0 Å². The van der Waals surface area contributed by atoms with E-state index in [0.717, 1.165) is 18.7 Å². The minimum absolute atomic E-state index is 0.188. The third-order valence-corrected chi connectivity index (χ3v) is 5.49. The molecule has 0 fully saturated rings. The highest BCUT2D eigenvalue weighted by Crippen LogP contribution is 2.26. The van der Waals surface area contributed by atoms with Gasteiger partial charge >= 0.3 is 0 Å². The summed E-state index contributed by atoms with van der Waals surface area (Å²) >= 11 is 0. The number of hydrogen-bond donors (Lipinski definition) is 2. The molecule has 2 N–H and O–H groups in total. The van der Waals surface area contributed by atoms with E-state index in [0.29, 0.717) is 17.4 Å². The first-order valence-corrected chi connectivity index (χ1v) is 9.01. The average Bonchev–Trinajstić information content (AvgIpc) is 2.43. The van der Waals surface area contributed by atoms with Crippen LogP contribution in [0.3, 0.4) is 0 Å². The van der Waals surface area contributed by atoms with E-state index in [1.54, 1.807) is 12.1 Å². The van der Waals surface area contributed by atoms with Gasteiger partial charge in [-0.3, -0.25) is 0 Å². The minimum Gasteiger partial charge on any atom is -0.384 e. The molecule has 0 bridgehead atoms. The van der Waals surface area contributed by atoms with E-state index in [1.165, 1.54) is 0 Å². The highest BCUT2D eigenvalue weighted by molar-refractivity contribution is 7.89. The van der Waals surface area contributed by atoms with E-state index in [-0.39, 0.29) is 5.41 Å². The Morgan fingerprint density at radius 1 is 1.14 bits per heavy atom. The van der Waals surface area contributed by atoms with Crippen LogP contribution < -0.4 is 10.0 Å². The molecular weight excluding hydrogens is 284 g/mol. The number of hydrogen-bond acceptors (Lipinski definition) is 3. The molecule has 5 heteroatoms. The molecule has 0 aliphatic rings. The molecule has 0 saturated heterocycles. The van der Waals surface area contributed by atoms with Gasteiger partial charge in [0.2, 0.25) is 10.0 Å². The second-order valence-electron chi connectivity index (χ2n) is 6.42. The minimum atomic E-state index is -3.37. The van der Waals surface area contributed by atoms with Crippen molar-refractivity contribution >= 4 is 15.7 Å². The van der Waals surface area contributed by atoms with Crippen LogP contribution >= 0.6 is 0 Å². The standard InChI is InChI=1S/C16H28N2O2S/c1-6-11-18-21(19,20)15-9-7-14(8-10-15)17-12-16(4,5)13(2)3/h7-10,13,17-18H,6,11-12H2,1-5H3. The first-order valence-electron chi connectivity index (χ1n) is 7.52. The molecule has 0 unspecified atom stereocenters. The highest BCUT2D eigenvalue weighted by Gasteiger charge is 2.21. The Balaban J connectivity index is 2.71. The van der Waals surface area contributed by atoms with Crippen LogP contribution in [0.15, 0.2) is 29.2 Å². The van der Waals surface area contributed by atoms with E-state index in [9.17, 15) is 8.42 Å². The van der Waals surface area contributed by atoms with E-state index < -0.39 is 10.0 Å². The summed E-state index contributed by atoms with van der Waals surface area (Å²) in [5.74, 6) is 0.572. The van der Waals surface area contributed by atoms with Crippen molar-refractivity contribution in [3.63, 3.8) is 0 Å². The molecular formula is C16H28N2O2S. The molecule has 1 rings (SSSR count). The van der Waals surface area contributed by atoms with Crippen LogP contribution in [0.4, 0.5) is 5.69 Å². The number of sulfonamides is 1. The molecule has 0 amide bonds. The normalized spacial score (nSPS) is 12.7. The van der Waals surface area contributed by atoms with Crippen LogP contribution in [0.25, 0.3) is 0 Å². The number of nitrogens with one attached hydrogen (secondary N) is 2. The number of rotatable bonds is 8. The monoisotopic (exact) mass is 312 g/mol. The maximum absolute atomic E-state index is 12.0. The van der Waals surface area contributed by atoms with Gasteiger partial charge in [-0.1, -0.05) is 34.6 Å². The van der Waals surface area contributed by atoms with Crippen LogP contribution in [0.5, 0.6) is 0 Å². The van der Waals surface area contributed by atoms with Crippen molar-refractivity contribution in [3.8, 4) is 0 Å². The zero-order chi connectivity index (χ0) is 16.1. The van der Waals surface area contributed by atoms with Gasteiger partial charge in [-0.2, -0.15) is 0 Å². The van der Waals surface area contributed by atoms with Gasteiger partial charge in [0.15, 0.2) is 0 Å². The van der Waals surface area contributed by atoms with E-state index in [4.69, 9.17) is 0 Å². The molecule has 0 heterocycles. The second kappa shape index (κ2) is 7.27. The highest BCUT2D eigenvalue weighted by atomic mass is 32.2. The Kier molecular flexibility index (Phi) is 6.23. The van der Waals surface area contributed by atoms with Gasteiger partial charge in [-0.25, -0.2) is 13.1 Å². The van der Waals surface area contributed by atoms with E-state index in [1.807, 2.05) is 19.1 Å². The van der Waals surface area contributed by atoms with Crippen molar-refractivity contribution in [1.82, 2.24) is 4.72 Å². The summed E-state index contributed by atoms with van der Waals surface area (Å²) in [7, 11) is -3.37. The fraction of sp³-hybridized carbons (Fsp3) is 0.625. The van der Waals surface area contributed by atoms with Gasteiger partial charge in [-0.15, -0.1) is 0 Å². The van der Waals surface area contributed by atoms with Crippen molar-refractivity contribution in [2.75, 3.05) is 18.4 Å². The van der Waals surface area contributed by atoms with Gasteiger partial charge < -0.3 is 5.32 Å².